The Hall–Kier alpha value is -1.47. The summed E-state index contributed by atoms with van der Waals surface area (Å²) in [6.45, 7) is 0.118. The molecule has 1 aliphatic heterocycles. The van der Waals surface area contributed by atoms with Gasteiger partial charge < -0.3 is 10.4 Å². The zero-order valence-corrected chi connectivity index (χ0v) is 10.9. The second-order valence-corrected chi connectivity index (χ2v) is 6.82. The molecule has 2 rings (SSSR count). The summed E-state index contributed by atoms with van der Waals surface area (Å²) in [5.74, 6) is -1.43. The van der Waals surface area contributed by atoms with Crippen LogP contribution in [-0.2, 0) is 16.4 Å². The fourth-order valence-corrected chi connectivity index (χ4v) is 3.76. The van der Waals surface area contributed by atoms with Crippen LogP contribution in [0.25, 0.3) is 0 Å². The van der Waals surface area contributed by atoms with Crippen molar-refractivity contribution in [3.05, 3.63) is 35.1 Å². The smallest absolute Gasteiger partial charge is 0.335 e. The molecule has 1 aromatic carbocycles. The normalized spacial score (nSPS) is 21.4. The van der Waals surface area contributed by atoms with Crippen molar-refractivity contribution in [1.82, 2.24) is 5.32 Å². The molecule has 2 N–H and O–H groups in total. The van der Waals surface area contributed by atoms with Gasteiger partial charge >= 0.3 is 5.97 Å². The van der Waals surface area contributed by atoms with Crippen LogP contribution in [0.5, 0.6) is 0 Å². The number of rotatable bonds is 4. The number of benzene rings is 1. The quantitative estimate of drug-likeness (QED) is 0.856. The number of carboxylic acid groups (broad SMARTS) is 1. The van der Waals surface area contributed by atoms with Crippen molar-refractivity contribution < 1.29 is 22.7 Å². The van der Waals surface area contributed by atoms with Crippen LogP contribution in [0.2, 0.25) is 0 Å². The molecule has 7 heteroatoms. The van der Waals surface area contributed by atoms with Crippen molar-refractivity contribution in [2.75, 3.05) is 11.5 Å². The summed E-state index contributed by atoms with van der Waals surface area (Å²) in [7, 11) is -2.98. The highest BCUT2D eigenvalue weighted by Gasteiger charge is 2.27. The summed E-state index contributed by atoms with van der Waals surface area (Å²) in [5.41, 5.74) is 0.237. The van der Waals surface area contributed by atoms with Crippen molar-refractivity contribution in [1.29, 1.82) is 0 Å². The molecular weight excluding hydrogens is 273 g/mol. The van der Waals surface area contributed by atoms with Gasteiger partial charge in [0.05, 0.1) is 17.1 Å². The van der Waals surface area contributed by atoms with Crippen molar-refractivity contribution in [3.63, 3.8) is 0 Å². The minimum Gasteiger partial charge on any atom is -0.478 e. The zero-order valence-electron chi connectivity index (χ0n) is 10.1. The lowest BCUT2D eigenvalue weighted by Gasteiger charge is -2.11. The summed E-state index contributed by atoms with van der Waals surface area (Å²) in [5, 5.41) is 11.8. The largest absolute Gasteiger partial charge is 0.478 e. The molecule has 0 spiro atoms. The van der Waals surface area contributed by atoms with E-state index in [2.05, 4.69) is 5.32 Å². The molecule has 1 unspecified atom stereocenters. The van der Waals surface area contributed by atoms with E-state index >= 15 is 0 Å². The Morgan fingerprint density at radius 1 is 1.47 bits per heavy atom. The first-order valence-electron chi connectivity index (χ1n) is 5.83. The molecule has 0 radical (unpaired) electrons. The number of hydrogen-bond donors (Lipinski definition) is 2. The van der Waals surface area contributed by atoms with E-state index in [9.17, 15) is 17.6 Å². The number of carboxylic acids is 1. The van der Waals surface area contributed by atoms with Gasteiger partial charge in [-0.15, -0.1) is 0 Å². The number of halogens is 1. The third kappa shape index (κ3) is 3.51. The molecule has 1 saturated heterocycles. The van der Waals surface area contributed by atoms with Crippen molar-refractivity contribution in [2.24, 2.45) is 0 Å². The van der Waals surface area contributed by atoms with E-state index in [-0.39, 0.29) is 35.2 Å². The van der Waals surface area contributed by atoms with Crippen molar-refractivity contribution in [2.45, 2.75) is 19.0 Å². The Morgan fingerprint density at radius 3 is 2.79 bits per heavy atom. The van der Waals surface area contributed by atoms with Crippen LogP contribution in [0, 0.1) is 5.82 Å². The van der Waals surface area contributed by atoms with Crippen molar-refractivity contribution >= 4 is 15.8 Å². The Morgan fingerprint density at radius 2 is 2.21 bits per heavy atom. The van der Waals surface area contributed by atoms with Crippen LogP contribution in [0.3, 0.4) is 0 Å². The minimum atomic E-state index is -2.98. The molecular formula is C12H14FNO4S. The Bertz CT molecular complexity index is 600. The molecule has 19 heavy (non-hydrogen) atoms. The molecule has 1 heterocycles. The maximum atomic E-state index is 13.5. The average Bonchev–Trinajstić information content (AvgIpc) is 2.67. The highest BCUT2D eigenvalue weighted by molar-refractivity contribution is 7.91. The fraction of sp³-hybridized carbons (Fsp3) is 0.417. The summed E-state index contributed by atoms with van der Waals surface area (Å²) in [6.07, 6.45) is 0.503. The van der Waals surface area contributed by atoms with Crippen LogP contribution < -0.4 is 5.32 Å². The number of aromatic carboxylic acids is 1. The lowest BCUT2D eigenvalue weighted by molar-refractivity contribution is 0.0696. The van der Waals surface area contributed by atoms with Crippen LogP contribution >= 0.6 is 0 Å². The maximum Gasteiger partial charge on any atom is 0.335 e. The topological polar surface area (TPSA) is 83.5 Å². The molecule has 0 bridgehead atoms. The second kappa shape index (κ2) is 5.26. The molecule has 0 aliphatic carbocycles. The molecule has 0 aromatic heterocycles. The van der Waals surface area contributed by atoms with Crippen LogP contribution in [0.15, 0.2) is 18.2 Å². The van der Waals surface area contributed by atoms with E-state index in [0.29, 0.717) is 6.42 Å². The first-order valence-corrected chi connectivity index (χ1v) is 7.65. The lowest BCUT2D eigenvalue weighted by Crippen LogP contribution is -2.29. The van der Waals surface area contributed by atoms with Gasteiger partial charge in [-0.3, -0.25) is 0 Å². The second-order valence-electron chi connectivity index (χ2n) is 4.59. The predicted molar refractivity (Wildman–Crippen MR) is 67.3 cm³/mol. The summed E-state index contributed by atoms with van der Waals surface area (Å²) in [6, 6.07) is 3.36. The molecule has 1 aliphatic rings. The van der Waals surface area contributed by atoms with Gasteiger partial charge in [-0.25, -0.2) is 17.6 Å². The fourth-order valence-electron chi connectivity index (χ4n) is 2.05. The molecule has 0 amide bonds. The van der Waals surface area contributed by atoms with Gasteiger partial charge in [-0.1, -0.05) is 0 Å². The van der Waals surface area contributed by atoms with Gasteiger partial charge in [0.1, 0.15) is 5.82 Å². The average molecular weight is 287 g/mol. The highest BCUT2D eigenvalue weighted by Crippen LogP contribution is 2.14. The summed E-state index contributed by atoms with van der Waals surface area (Å²) < 4.78 is 36.0. The Balaban J connectivity index is 2.03. The molecule has 0 saturated carbocycles. The predicted octanol–water partition coefficient (Wildman–Crippen LogP) is 0.801. The van der Waals surface area contributed by atoms with Crippen molar-refractivity contribution in [3.8, 4) is 0 Å². The van der Waals surface area contributed by atoms with Gasteiger partial charge in [-0.2, -0.15) is 0 Å². The third-order valence-corrected chi connectivity index (χ3v) is 4.87. The number of sulfone groups is 1. The maximum absolute atomic E-state index is 13.5. The lowest BCUT2D eigenvalue weighted by atomic mass is 10.1. The molecule has 1 aromatic rings. The first kappa shape index (κ1) is 14.0. The van der Waals surface area contributed by atoms with E-state index in [1.807, 2.05) is 0 Å². The Kier molecular flexibility index (Phi) is 3.86. The van der Waals surface area contributed by atoms with E-state index in [1.165, 1.54) is 12.1 Å². The SMILES string of the molecule is O=C(O)c1ccc(F)c(CNC2CCS(=O)(=O)C2)c1. The van der Waals surface area contributed by atoms with E-state index in [1.54, 1.807) is 0 Å². The summed E-state index contributed by atoms with van der Waals surface area (Å²) >= 11 is 0. The van der Waals surface area contributed by atoms with Crippen LogP contribution in [0.1, 0.15) is 22.3 Å². The van der Waals surface area contributed by atoms with Crippen LogP contribution in [-0.4, -0.2) is 37.0 Å². The van der Waals surface area contributed by atoms with Crippen LogP contribution in [0.4, 0.5) is 4.39 Å². The molecule has 104 valence electrons. The highest BCUT2D eigenvalue weighted by atomic mass is 32.2. The van der Waals surface area contributed by atoms with Gasteiger partial charge in [0.15, 0.2) is 9.84 Å². The molecule has 1 atom stereocenters. The van der Waals surface area contributed by atoms with Gasteiger partial charge in [0, 0.05) is 18.2 Å². The van der Waals surface area contributed by atoms with E-state index < -0.39 is 21.6 Å². The minimum absolute atomic E-state index is 0.0113. The summed E-state index contributed by atoms with van der Waals surface area (Å²) in [4.78, 5) is 10.8. The van der Waals surface area contributed by atoms with E-state index in [0.717, 1.165) is 6.07 Å². The molecule has 5 nitrogen and oxygen atoms in total. The third-order valence-electron chi connectivity index (χ3n) is 3.11. The Labute approximate surface area is 110 Å². The number of nitrogens with one attached hydrogen (secondary N) is 1. The van der Waals surface area contributed by atoms with Gasteiger partial charge in [-0.05, 0) is 24.6 Å². The number of carbonyl (C=O) groups is 1. The number of hydrogen-bond acceptors (Lipinski definition) is 4. The van der Waals surface area contributed by atoms with Gasteiger partial charge in [0.25, 0.3) is 0 Å². The van der Waals surface area contributed by atoms with E-state index in [4.69, 9.17) is 5.11 Å². The monoisotopic (exact) mass is 287 g/mol. The van der Waals surface area contributed by atoms with Gasteiger partial charge in [0.2, 0.25) is 0 Å². The first-order chi connectivity index (χ1) is 8.87. The standard InChI is InChI=1S/C12H14FNO4S/c13-11-2-1-8(12(15)16)5-9(11)6-14-10-3-4-19(17,18)7-10/h1-2,5,10,14H,3-4,6-7H2,(H,15,16). The molecule has 1 fully saturated rings. The zero-order chi connectivity index (χ0) is 14.0.